The van der Waals surface area contributed by atoms with E-state index in [1.54, 1.807) is 0 Å². The van der Waals surface area contributed by atoms with Gasteiger partial charge in [-0.25, -0.2) is 0 Å². The summed E-state index contributed by atoms with van der Waals surface area (Å²) in [4.78, 5) is 0. The van der Waals surface area contributed by atoms with Gasteiger partial charge < -0.3 is 4.74 Å². The highest BCUT2D eigenvalue weighted by atomic mass is 32.2. The fraction of sp³-hybridized carbons (Fsp3) is 1.00. The van der Waals surface area contributed by atoms with Crippen LogP contribution in [0.15, 0.2) is 0 Å². The summed E-state index contributed by atoms with van der Waals surface area (Å²) in [5.41, 5.74) is 0. The van der Waals surface area contributed by atoms with Gasteiger partial charge in [0.1, 0.15) is 0 Å². The molecule has 152 valence electrons. The zero-order valence-electron chi connectivity index (χ0n) is 18.2. The van der Waals surface area contributed by atoms with E-state index in [9.17, 15) is 0 Å². The van der Waals surface area contributed by atoms with Crippen LogP contribution in [-0.2, 0) is 4.74 Å². The molecule has 0 atom stereocenters. The van der Waals surface area contributed by atoms with E-state index >= 15 is 0 Å². The monoisotopic (exact) mass is 388 g/mol. The Bertz CT molecular complexity index is 263. The maximum atomic E-state index is 5.56. The van der Waals surface area contributed by atoms with Gasteiger partial charge in [-0.1, -0.05) is 89.9 Å². The average molecular weight is 389 g/mol. The van der Waals surface area contributed by atoms with Gasteiger partial charge in [-0.15, -0.1) is 0 Å². The third kappa shape index (κ3) is 24.5. The standard InChI is InChI=1S/C22H48OSSi/c1-22(2)23-18-17-20-24-19-15-13-11-9-7-6-8-10-12-14-16-21-25(3,4)5/h22H,6-21H2,1-5H3. The number of ether oxygens (including phenoxy) is 1. The molecule has 0 aromatic heterocycles. The lowest BCUT2D eigenvalue weighted by molar-refractivity contribution is 0.0800. The molecule has 0 aromatic carbocycles. The number of rotatable bonds is 19. The van der Waals surface area contributed by atoms with Crippen LogP contribution in [0.1, 0.15) is 90.9 Å². The highest BCUT2D eigenvalue weighted by Gasteiger charge is 2.11. The Balaban J connectivity index is 3.03. The van der Waals surface area contributed by atoms with Gasteiger partial charge in [-0.2, -0.15) is 11.8 Å². The lowest BCUT2D eigenvalue weighted by atomic mass is 10.1. The largest absolute Gasteiger partial charge is 0.379 e. The Kier molecular flexibility index (Phi) is 18.3. The predicted molar refractivity (Wildman–Crippen MR) is 122 cm³/mol. The van der Waals surface area contributed by atoms with Gasteiger partial charge in [-0.05, 0) is 38.2 Å². The maximum Gasteiger partial charge on any atom is 0.0518 e. The molecule has 0 saturated heterocycles. The molecular formula is C22H48OSSi. The quantitative estimate of drug-likeness (QED) is 0.163. The molecule has 0 spiro atoms. The first kappa shape index (κ1) is 25.5. The van der Waals surface area contributed by atoms with Crippen molar-refractivity contribution in [2.45, 2.75) is 123 Å². The topological polar surface area (TPSA) is 9.23 Å². The Hall–Kier alpha value is 0.527. The van der Waals surface area contributed by atoms with E-state index in [-0.39, 0.29) is 0 Å². The van der Waals surface area contributed by atoms with Crippen molar-refractivity contribution in [1.82, 2.24) is 0 Å². The highest BCUT2D eigenvalue weighted by Crippen LogP contribution is 2.16. The average Bonchev–Trinajstić information content (AvgIpc) is 2.52. The van der Waals surface area contributed by atoms with Gasteiger partial charge in [-0.3, -0.25) is 0 Å². The molecule has 25 heavy (non-hydrogen) atoms. The molecule has 0 bridgehead atoms. The van der Waals surface area contributed by atoms with E-state index in [0.717, 1.165) is 6.61 Å². The Labute approximate surface area is 165 Å². The van der Waals surface area contributed by atoms with Crippen LogP contribution < -0.4 is 0 Å². The van der Waals surface area contributed by atoms with Gasteiger partial charge >= 0.3 is 0 Å². The summed E-state index contributed by atoms with van der Waals surface area (Å²) < 4.78 is 5.56. The molecule has 0 N–H and O–H groups in total. The second kappa shape index (κ2) is 17.9. The van der Waals surface area contributed by atoms with Crippen LogP contribution in [0.5, 0.6) is 0 Å². The first-order valence-corrected chi connectivity index (χ1v) is 16.0. The first-order valence-electron chi connectivity index (χ1n) is 11.1. The summed E-state index contributed by atoms with van der Waals surface area (Å²) in [5.74, 6) is 2.61. The van der Waals surface area contributed by atoms with Gasteiger partial charge in [0.2, 0.25) is 0 Å². The molecule has 0 aliphatic heterocycles. The van der Waals surface area contributed by atoms with Gasteiger partial charge in [0.05, 0.1) is 6.10 Å². The van der Waals surface area contributed by atoms with Crippen molar-refractivity contribution in [3.05, 3.63) is 0 Å². The third-order valence-electron chi connectivity index (χ3n) is 4.60. The zero-order valence-corrected chi connectivity index (χ0v) is 20.0. The summed E-state index contributed by atoms with van der Waals surface area (Å²) in [6, 6.07) is 1.52. The highest BCUT2D eigenvalue weighted by molar-refractivity contribution is 7.99. The van der Waals surface area contributed by atoms with Crippen molar-refractivity contribution >= 4 is 19.8 Å². The molecule has 0 amide bonds. The van der Waals surface area contributed by atoms with Gasteiger partial charge in [0.25, 0.3) is 0 Å². The van der Waals surface area contributed by atoms with Gasteiger partial charge in [0, 0.05) is 14.7 Å². The molecule has 0 saturated carbocycles. The second-order valence-electron chi connectivity index (χ2n) is 9.09. The predicted octanol–water partition coefficient (Wildman–Crippen LogP) is 8.16. The van der Waals surface area contributed by atoms with E-state index in [1.165, 1.54) is 94.6 Å². The summed E-state index contributed by atoms with van der Waals surface area (Å²) >= 11 is 2.11. The van der Waals surface area contributed by atoms with Crippen LogP contribution in [-0.4, -0.2) is 32.3 Å². The van der Waals surface area contributed by atoms with E-state index < -0.39 is 8.07 Å². The summed E-state index contributed by atoms with van der Waals surface area (Å²) in [6.07, 6.45) is 17.7. The van der Waals surface area contributed by atoms with Crippen molar-refractivity contribution in [3.8, 4) is 0 Å². The van der Waals surface area contributed by atoms with E-state index in [1.807, 2.05) is 0 Å². The van der Waals surface area contributed by atoms with E-state index in [4.69, 9.17) is 4.74 Å². The van der Waals surface area contributed by atoms with E-state index in [2.05, 4.69) is 45.3 Å². The lowest BCUT2D eigenvalue weighted by Crippen LogP contribution is -2.18. The lowest BCUT2D eigenvalue weighted by Gasteiger charge is -2.14. The number of hydrogen-bond acceptors (Lipinski definition) is 2. The molecule has 0 radical (unpaired) electrons. The molecule has 0 fully saturated rings. The van der Waals surface area contributed by atoms with Crippen molar-refractivity contribution < 1.29 is 4.74 Å². The second-order valence-corrected chi connectivity index (χ2v) is 15.9. The van der Waals surface area contributed by atoms with Crippen LogP contribution in [0.3, 0.4) is 0 Å². The molecule has 0 unspecified atom stereocenters. The molecule has 3 heteroatoms. The molecule has 0 rings (SSSR count). The normalized spacial score (nSPS) is 12.2. The summed E-state index contributed by atoms with van der Waals surface area (Å²) in [7, 11) is -0.777. The van der Waals surface area contributed by atoms with Crippen molar-refractivity contribution in [3.63, 3.8) is 0 Å². The maximum absolute atomic E-state index is 5.56. The Morgan fingerprint density at radius 1 is 0.640 bits per heavy atom. The fourth-order valence-corrected chi connectivity index (χ4v) is 5.28. The molecule has 0 heterocycles. The Morgan fingerprint density at radius 3 is 1.56 bits per heavy atom. The summed E-state index contributed by atoms with van der Waals surface area (Å²) in [6.45, 7) is 12.6. The molecular weight excluding hydrogens is 340 g/mol. The van der Waals surface area contributed by atoms with Crippen LogP contribution >= 0.6 is 11.8 Å². The van der Waals surface area contributed by atoms with Crippen molar-refractivity contribution in [2.24, 2.45) is 0 Å². The minimum absolute atomic E-state index is 0.389. The number of thioether (sulfide) groups is 1. The molecule has 0 aliphatic carbocycles. The number of unbranched alkanes of at least 4 members (excludes halogenated alkanes) is 10. The molecule has 0 aromatic rings. The minimum Gasteiger partial charge on any atom is -0.379 e. The molecule has 1 nitrogen and oxygen atoms in total. The first-order chi connectivity index (χ1) is 11.9. The van der Waals surface area contributed by atoms with Crippen LogP contribution in [0.4, 0.5) is 0 Å². The van der Waals surface area contributed by atoms with Crippen LogP contribution in [0.2, 0.25) is 25.7 Å². The fourth-order valence-electron chi connectivity index (χ4n) is 3.03. The van der Waals surface area contributed by atoms with E-state index in [0.29, 0.717) is 6.10 Å². The van der Waals surface area contributed by atoms with Crippen LogP contribution in [0.25, 0.3) is 0 Å². The van der Waals surface area contributed by atoms with Crippen molar-refractivity contribution in [2.75, 3.05) is 18.1 Å². The summed E-state index contributed by atoms with van der Waals surface area (Å²) in [5, 5.41) is 0. The SMILES string of the molecule is CC(C)OCCCSCCCCCCCCCCCCC[Si](C)(C)C. The van der Waals surface area contributed by atoms with Gasteiger partial charge in [0.15, 0.2) is 0 Å². The number of hydrogen-bond donors (Lipinski definition) is 0. The minimum atomic E-state index is -0.777. The smallest absolute Gasteiger partial charge is 0.0518 e. The zero-order chi connectivity index (χ0) is 18.8. The Morgan fingerprint density at radius 2 is 1.08 bits per heavy atom. The van der Waals surface area contributed by atoms with Crippen molar-refractivity contribution in [1.29, 1.82) is 0 Å². The molecule has 0 aliphatic rings. The van der Waals surface area contributed by atoms with Crippen LogP contribution in [0, 0.1) is 0 Å². The third-order valence-corrected chi connectivity index (χ3v) is 7.61.